The minimum atomic E-state index is -3.18. The fraction of sp³-hybridized carbons (Fsp3) is 0.529. The van der Waals surface area contributed by atoms with Gasteiger partial charge in [-0.2, -0.15) is 5.10 Å². The van der Waals surface area contributed by atoms with Gasteiger partial charge in [-0.25, -0.2) is 13.4 Å². The second-order valence-corrected chi connectivity index (χ2v) is 8.40. The molecule has 1 aromatic heterocycles. The van der Waals surface area contributed by atoms with Gasteiger partial charge in [-0.1, -0.05) is 24.6 Å². The molecule has 1 saturated heterocycles. The van der Waals surface area contributed by atoms with E-state index in [0.29, 0.717) is 17.4 Å². The van der Waals surface area contributed by atoms with Crippen LogP contribution in [-0.4, -0.2) is 53.0 Å². The zero-order chi connectivity index (χ0) is 16.8. The SMILES string of the molecule is O=S(=O)(CCCN1CCCCC1Cn1cncn1)c1ccccc1. The summed E-state index contributed by atoms with van der Waals surface area (Å²) in [5.41, 5.74) is 0. The molecule has 0 aliphatic carbocycles. The summed E-state index contributed by atoms with van der Waals surface area (Å²) in [5.74, 6) is 0.198. The first-order valence-electron chi connectivity index (χ1n) is 8.49. The van der Waals surface area contributed by atoms with Crippen molar-refractivity contribution < 1.29 is 8.42 Å². The van der Waals surface area contributed by atoms with E-state index >= 15 is 0 Å². The summed E-state index contributed by atoms with van der Waals surface area (Å²) in [6.45, 7) is 2.67. The van der Waals surface area contributed by atoms with Gasteiger partial charge >= 0.3 is 0 Å². The lowest BCUT2D eigenvalue weighted by atomic mass is 10.0. The topological polar surface area (TPSA) is 68.1 Å². The van der Waals surface area contributed by atoms with Crippen molar-refractivity contribution >= 4 is 9.84 Å². The lowest BCUT2D eigenvalue weighted by Gasteiger charge is -2.35. The number of rotatable bonds is 7. The first kappa shape index (κ1) is 17.1. The zero-order valence-electron chi connectivity index (χ0n) is 13.8. The van der Waals surface area contributed by atoms with E-state index in [0.717, 1.165) is 26.1 Å². The molecule has 0 bridgehead atoms. The molecule has 0 radical (unpaired) electrons. The third-order valence-electron chi connectivity index (χ3n) is 4.57. The summed E-state index contributed by atoms with van der Waals surface area (Å²) in [7, 11) is -3.18. The van der Waals surface area contributed by atoms with Crippen LogP contribution in [0.25, 0.3) is 0 Å². The summed E-state index contributed by atoms with van der Waals surface area (Å²) in [6, 6.07) is 9.13. The first-order valence-corrected chi connectivity index (χ1v) is 10.1. The van der Waals surface area contributed by atoms with Gasteiger partial charge < -0.3 is 0 Å². The smallest absolute Gasteiger partial charge is 0.178 e. The van der Waals surface area contributed by atoms with Crippen molar-refractivity contribution in [2.24, 2.45) is 0 Å². The van der Waals surface area contributed by atoms with Gasteiger partial charge in [-0.3, -0.25) is 9.58 Å². The molecule has 130 valence electrons. The third-order valence-corrected chi connectivity index (χ3v) is 6.39. The molecule has 0 N–H and O–H groups in total. The minimum Gasteiger partial charge on any atom is -0.299 e. The number of aromatic nitrogens is 3. The van der Waals surface area contributed by atoms with Crippen LogP contribution in [0.4, 0.5) is 0 Å². The Morgan fingerprint density at radius 2 is 2.00 bits per heavy atom. The van der Waals surface area contributed by atoms with E-state index in [1.54, 1.807) is 36.9 Å². The molecule has 1 fully saturated rings. The minimum absolute atomic E-state index is 0.198. The molecule has 1 aromatic carbocycles. The van der Waals surface area contributed by atoms with E-state index in [4.69, 9.17) is 0 Å². The van der Waals surface area contributed by atoms with Gasteiger partial charge in [0.15, 0.2) is 9.84 Å². The maximum atomic E-state index is 12.4. The van der Waals surface area contributed by atoms with Crippen LogP contribution in [0.1, 0.15) is 25.7 Å². The Hall–Kier alpha value is -1.73. The van der Waals surface area contributed by atoms with Crippen LogP contribution in [0, 0.1) is 0 Å². The fourth-order valence-electron chi connectivity index (χ4n) is 3.31. The lowest BCUT2D eigenvalue weighted by molar-refractivity contribution is 0.130. The Morgan fingerprint density at radius 1 is 1.17 bits per heavy atom. The molecule has 1 aliphatic rings. The number of sulfone groups is 1. The third kappa shape index (κ3) is 4.42. The van der Waals surface area contributed by atoms with E-state index in [1.165, 1.54) is 12.8 Å². The van der Waals surface area contributed by atoms with Crippen LogP contribution in [-0.2, 0) is 16.4 Å². The van der Waals surface area contributed by atoms with Crippen molar-refractivity contribution in [2.75, 3.05) is 18.8 Å². The van der Waals surface area contributed by atoms with Crippen molar-refractivity contribution in [3.8, 4) is 0 Å². The van der Waals surface area contributed by atoms with Crippen molar-refractivity contribution in [3.63, 3.8) is 0 Å². The fourth-order valence-corrected chi connectivity index (χ4v) is 4.62. The summed E-state index contributed by atoms with van der Waals surface area (Å²) >= 11 is 0. The van der Waals surface area contributed by atoms with E-state index in [2.05, 4.69) is 15.0 Å². The number of nitrogens with zero attached hydrogens (tertiary/aromatic N) is 4. The average molecular weight is 348 g/mol. The molecule has 2 heterocycles. The van der Waals surface area contributed by atoms with Gasteiger partial charge in [-0.15, -0.1) is 0 Å². The van der Waals surface area contributed by atoms with Gasteiger partial charge in [0.25, 0.3) is 0 Å². The first-order chi connectivity index (χ1) is 11.6. The van der Waals surface area contributed by atoms with Gasteiger partial charge in [0.05, 0.1) is 17.2 Å². The predicted molar refractivity (Wildman–Crippen MR) is 92.3 cm³/mol. The molecule has 3 rings (SSSR count). The molecule has 24 heavy (non-hydrogen) atoms. The van der Waals surface area contributed by atoms with Crippen molar-refractivity contribution in [1.82, 2.24) is 19.7 Å². The van der Waals surface area contributed by atoms with Gasteiger partial charge in [0, 0.05) is 6.04 Å². The molecule has 1 aliphatic heterocycles. The summed E-state index contributed by atoms with van der Waals surface area (Å²) in [6.07, 6.45) is 7.49. The normalized spacial score (nSPS) is 19.4. The predicted octanol–water partition coefficient (Wildman–Crippen LogP) is 2.00. The van der Waals surface area contributed by atoms with Crippen LogP contribution in [0.2, 0.25) is 0 Å². The maximum absolute atomic E-state index is 12.4. The van der Waals surface area contributed by atoms with Crippen molar-refractivity contribution in [1.29, 1.82) is 0 Å². The quantitative estimate of drug-likeness (QED) is 0.765. The Labute approximate surface area is 143 Å². The average Bonchev–Trinajstić information content (AvgIpc) is 3.10. The highest BCUT2D eigenvalue weighted by Crippen LogP contribution is 2.19. The maximum Gasteiger partial charge on any atom is 0.178 e. The van der Waals surface area contributed by atoms with E-state index < -0.39 is 9.84 Å². The zero-order valence-corrected chi connectivity index (χ0v) is 14.6. The van der Waals surface area contributed by atoms with Crippen molar-refractivity contribution in [2.45, 2.75) is 43.2 Å². The van der Waals surface area contributed by atoms with Crippen LogP contribution < -0.4 is 0 Å². The molecular formula is C17H24N4O2S. The molecule has 1 unspecified atom stereocenters. The second-order valence-electron chi connectivity index (χ2n) is 6.29. The largest absolute Gasteiger partial charge is 0.299 e. The Kier molecular flexibility index (Phi) is 5.63. The van der Waals surface area contributed by atoms with Crippen LogP contribution >= 0.6 is 0 Å². The molecule has 1 atom stereocenters. The standard InChI is InChI=1S/C17H24N4O2S/c22-24(23,17-8-2-1-3-9-17)12-6-11-20-10-5-4-7-16(20)13-21-15-18-14-19-21/h1-3,8-9,14-16H,4-7,10-13H2. The number of piperidine rings is 1. The molecular weight excluding hydrogens is 324 g/mol. The highest BCUT2D eigenvalue weighted by Gasteiger charge is 2.23. The monoisotopic (exact) mass is 348 g/mol. The molecule has 0 saturated carbocycles. The van der Waals surface area contributed by atoms with Crippen LogP contribution in [0.3, 0.4) is 0 Å². The molecule has 0 spiro atoms. The Morgan fingerprint density at radius 3 is 2.75 bits per heavy atom. The highest BCUT2D eigenvalue weighted by atomic mass is 32.2. The summed E-state index contributed by atoms with van der Waals surface area (Å²) < 4.78 is 26.6. The number of hydrogen-bond donors (Lipinski definition) is 0. The summed E-state index contributed by atoms with van der Waals surface area (Å²) in [4.78, 5) is 6.82. The Bertz CT molecular complexity index is 716. The lowest BCUT2D eigenvalue weighted by Crippen LogP contribution is -2.43. The van der Waals surface area contributed by atoms with Gasteiger partial charge in [0.1, 0.15) is 12.7 Å². The van der Waals surface area contributed by atoms with Crippen LogP contribution in [0.5, 0.6) is 0 Å². The van der Waals surface area contributed by atoms with Crippen molar-refractivity contribution in [3.05, 3.63) is 43.0 Å². The van der Waals surface area contributed by atoms with Gasteiger partial charge in [-0.05, 0) is 44.5 Å². The second kappa shape index (κ2) is 7.90. The molecule has 6 nitrogen and oxygen atoms in total. The number of likely N-dealkylation sites (tertiary alicyclic amines) is 1. The molecule has 0 amide bonds. The van der Waals surface area contributed by atoms with E-state index in [-0.39, 0.29) is 5.75 Å². The molecule has 7 heteroatoms. The Balaban J connectivity index is 1.54. The number of hydrogen-bond acceptors (Lipinski definition) is 5. The molecule has 2 aromatic rings. The van der Waals surface area contributed by atoms with Gasteiger partial charge in [0.2, 0.25) is 0 Å². The van der Waals surface area contributed by atoms with E-state index in [1.807, 2.05) is 10.7 Å². The van der Waals surface area contributed by atoms with E-state index in [9.17, 15) is 8.42 Å². The summed E-state index contributed by atoms with van der Waals surface area (Å²) in [5, 5.41) is 4.19. The highest BCUT2D eigenvalue weighted by molar-refractivity contribution is 7.91. The van der Waals surface area contributed by atoms with Crippen LogP contribution in [0.15, 0.2) is 47.9 Å². The number of benzene rings is 1.